The summed E-state index contributed by atoms with van der Waals surface area (Å²) in [5.41, 5.74) is 2.63. The smallest absolute Gasteiger partial charge is 0.331 e. The van der Waals surface area contributed by atoms with Gasteiger partial charge in [0.2, 0.25) is 0 Å². The summed E-state index contributed by atoms with van der Waals surface area (Å²) in [5, 5.41) is 2.18. The fraction of sp³-hybridized carbons (Fsp3) is 0.200. The first-order chi connectivity index (χ1) is 8.29. The molecule has 98 valence electrons. The van der Waals surface area contributed by atoms with Crippen LogP contribution in [0.1, 0.15) is 5.56 Å². The Balaban J connectivity index is 2.43. The van der Waals surface area contributed by atoms with E-state index < -0.39 is 18.2 Å². The normalized spacial score (nSPS) is 10.7. The van der Waals surface area contributed by atoms with Gasteiger partial charge in [0.1, 0.15) is 0 Å². The average Bonchev–Trinajstić information content (AvgIpc) is 2.28. The van der Waals surface area contributed by atoms with Gasteiger partial charge in [0.05, 0.1) is 0 Å². The van der Waals surface area contributed by atoms with E-state index in [9.17, 15) is 22.8 Å². The van der Waals surface area contributed by atoms with Crippen LogP contribution in [0.5, 0.6) is 0 Å². The SMILES string of the molecule is Cc1ccc(NC(=O)NOC(=O)C(F)(F)F)cc1. The number of rotatable bonds is 1. The first kappa shape index (κ1) is 13.8. The molecule has 0 atom stereocenters. The van der Waals surface area contributed by atoms with Crippen molar-refractivity contribution in [1.82, 2.24) is 5.48 Å². The van der Waals surface area contributed by atoms with Crippen molar-refractivity contribution in [3.05, 3.63) is 29.8 Å². The van der Waals surface area contributed by atoms with Gasteiger partial charge in [-0.05, 0) is 19.1 Å². The van der Waals surface area contributed by atoms with Crippen LogP contribution in [0.4, 0.5) is 23.7 Å². The molecule has 0 bridgehead atoms. The summed E-state index contributed by atoms with van der Waals surface area (Å²) < 4.78 is 35.2. The second-order valence-corrected chi connectivity index (χ2v) is 3.31. The summed E-state index contributed by atoms with van der Waals surface area (Å²) >= 11 is 0. The quantitative estimate of drug-likeness (QED) is 0.762. The highest BCUT2D eigenvalue weighted by Crippen LogP contribution is 2.15. The molecular formula is C10H9F3N2O3. The van der Waals surface area contributed by atoms with Crippen molar-refractivity contribution in [2.75, 3.05) is 5.32 Å². The van der Waals surface area contributed by atoms with E-state index in [2.05, 4.69) is 10.2 Å². The van der Waals surface area contributed by atoms with Gasteiger partial charge in [-0.2, -0.15) is 18.7 Å². The maximum absolute atomic E-state index is 11.7. The zero-order chi connectivity index (χ0) is 13.8. The second-order valence-electron chi connectivity index (χ2n) is 3.31. The van der Waals surface area contributed by atoms with Crippen molar-refractivity contribution in [3.8, 4) is 0 Å². The van der Waals surface area contributed by atoms with Crippen molar-refractivity contribution in [2.45, 2.75) is 13.1 Å². The molecule has 1 aromatic rings. The van der Waals surface area contributed by atoms with Gasteiger partial charge >= 0.3 is 18.2 Å². The lowest BCUT2D eigenvalue weighted by molar-refractivity contribution is -0.204. The minimum Gasteiger partial charge on any atom is -0.331 e. The summed E-state index contributed by atoms with van der Waals surface area (Å²) in [6.07, 6.45) is -5.16. The zero-order valence-corrected chi connectivity index (χ0v) is 9.17. The number of hydroxylamine groups is 1. The molecule has 0 spiro atoms. The number of benzene rings is 1. The minimum absolute atomic E-state index is 0.348. The Morgan fingerprint density at radius 3 is 2.22 bits per heavy atom. The molecule has 0 aromatic heterocycles. The molecule has 0 fully saturated rings. The Labute approximate surface area is 99.9 Å². The lowest BCUT2D eigenvalue weighted by Crippen LogP contribution is -2.36. The highest BCUT2D eigenvalue weighted by molar-refractivity contribution is 5.89. The summed E-state index contributed by atoms with van der Waals surface area (Å²) in [7, 11) is 0. The molecule has 0 aliphatic carbocycles. The number of anilines is 1. The zero-order valence-electron chi connectivity index (χ0n) is 9.17. The molecule has 0 saturated carbocycles. The summed E-state index contributed by atoms with van der Waals surface area (Å²) in [5.74, 6) is -2.50. The third-order valence-electron chi connectivity index (χ3n) is 1.78. The van der Waals surface area contributed by atoms with Gasteiger partial charge in [-0.25, -0.2) is 9.59 Å². The van der Waals surface area contributed by atoms with E-state index >= 15 is 0 Å². The van der Waals surface area contributed by atoms with E-state index in [-0.39, 0.29) is 0 Å². The van der Waals surface area contributed by atoms with Gasteiger partial charge in [-0.1, -0.05) is 17.7 Å². The lowest BCUT2D eigenvalue weighted by Gasteiger charge is -2.08. The van der Waals surface area contributed by atoms with Crippen molar-refractivity contribution in [2.24, 2.45) is 0 Å². The summed E-state index contributed by atoms with van der Waals surface area (Å²) in [6.45, 7) is 1.83. The van der Waals surface area contributed by atoms with E-state index in [4.69, 9.17) is 0 Å². The van der Waals surface area contributed by atoms with Gasteiger partial charge < -0.3 is 10.2 Å². The molecule has 0 heterocycles. The predicted octanol–water partition coefficient (Wildman–Crippen LogP) is 2.14. The number of hydrogen-bond donors (Lipinski definition) is 2. The maximum Gasteiger partial charge on any atom is 0.493 e. The van der Waals surface area contributed by atoms with Crippen molar-refractivity contribution in [1.29, 1.82) is 0 Å². The molecule has 0 radical (unpaired) electrons. The minimum atomic E-state index is -5.16. The summed E-state index contributed by atoms with van der Waals surface area (Å²) in [4.78, 5) is 24.9. The number of urea groups is 1. The topological polar surface area (TPSA) is 67.4 Å². The molecule has 1 aromatic carbocycles. The second kappa shape index (κ2) is 5.39. The molecule has 0 aliphatic heterocycles. The van der Waals surface area contributed by atoms with Gasteiger partial charge in [0.15, 0.2) is 0 Å². The van der Waals surface area contributed by atoms with Crippen molar-refractivity contribution >= 4 is 17.7 Å². The number of carbonyl (C=O) groups excluding carboxylic acids is 2. The largest absolute Gasteiger partial charge is 0.493 e. The number of hydrogen-bond acceptors (Lipinski definition) is 3. The molecule has 5 nitrogen and oxygen atoms in total. The van der Waals surface area contributed by atoms with Crippen LogP contribution >= 0.6 is 0 Å². The maximum atomic E-state index is 11.7. The Hall–Kier alpha value is -2.25. The van der Waals surface area contributed by atoms with Gasteiger partial charge in [-0.3, -0.25) is 0 Å². The molecule has 0 unspecified atom stereocenters. The fourth-order valence-electron chi connectivity index (χ4n) is 0.944. The molecule has 18 heavy (non-hydrogen) atoms. The third-order valence-corrected chi connectivity index (χ3v) is 1.78. The fourth-order valence-corrected chi connectivity index (χ4v) is 0.944. The van der Waals surface area contributed by atoms with Crippen LogP contribution in [-0.4, -0.2) is 18.2 Å². The number of alkyl halides is 3. The van der Waals surface area contributed by atoms with E-state index in [1.54, 1.807) is 24.3 Å². The van der Waals surface area contributed by atoms with E-state index in [0.29, 0.717) is 5.69 Å². The van der Waals surface area contributed by atoms with Crippen molar-refractivity contribution in [3.63, 3.8) is 0 Å². The Kier molecular flexibility index (Phi) is 4.13. The monoisotopic (exact) mass is 262 g/mol. The molecule has 0 saturated heterocycles. The van der Waals surface area contributed by atoms with Crippen LogP contribution < -0.4 is 10.8 Å². The highest BCUT2D eigenvalue weighted by Gasteiger charge is 2.41. The Bertz CT molecular complexity index is 443. The van der Waals surface area contributed by atoms with Gasteiger partial charge in [0.25, 0.3) is 0 Å². The molecule has 2 amide bonds. The molecular weight excluding hydrogens is 253 g/mol. The first-order valence-corrected chi connectivity index (χ1v) is 4.70. The van der Waals surface area contributed by atoms with Crippen LogP contribution in [0.15, 0.2) is 24.3 Å². The average molecular weight is 262 g/mol. The van der Waals surface area contributed by atoms with E-state index in [0.717, 1.165) is 5.56 Å². The van der Waals surface area contributed by atoms with E-state index in [1.165, 1.54) is 5.48 Å². The first-order valence-electron chi connectivity index (χ1n) is 4.70. The van der Waals surface area contributed by atoms with Gasteiger partial charge in [0, 0.05) is 5.69 Å². The highest BCUT2D eigenvalue weighted by atomic mass is 19.4. The molecule has 0 aliphatic rings. The van der Waals surface area contributed by atoms with Crippen LogP contribution in [0, 0.1) is 6.92 Å². The Morgan fingerprint density at radius 1 is 1.17 bits per heavy atom. The van der Waals surface area contributed by atoms with Crippen LogP contribution in [0.2, 0.25) is 0 Å². The summed E-state index contributed by atoms with van der Waals surface area (Å²) in [6, 6.07) is 5.38. The van der Waals surface area contributed by atoms with Crippen LogP contribution in [0.25, 0.3) is 0 Å². The molecule has 2 N–H and O–H groups in total. The Morgan fingerprint density at radius 2 is 1.72 bits per heavy atom. The third kappa shape index (κ3) is 4.32. The van der Waals surface area contributed by atoms with Crippen LogP contribution in [-0.2, 0) is 9.63 Å². The van der Waals surface area contributed by atoms with Gasteiger partial charge in [-0.15, -0.1) is 0 Å². The number of nitrogens with one attached hydrogen (secondary N) is 2. The van der Waals surface area contributed by atoms with Crippen LogP contribution in [0.3, 0.4) is 0 Å². The number of amides is 2. The number of carbonyl (C=O) groups is 2. The lowest BCUT2D eigenvalue weighted by atomic mass is 10.2. The van der Waals surface area contributed by atoms with E-state index in [1.807, 2.05) is 6.92 Å². The number of aryl methyl sites for hydroxylation is 1. The van der Waals surface area contributed by atoms with Crippen molar-refractivity contribution < 1.29 is 27.6 Å². The predicted molar refractivity (Wildman–Crippen MR) is 55.5 cm³/mol. The standard InChI is InChI=1S/C10H9F3N2O3/c1-6-2-4-7(5-3-6)14-9(17)15-18-8(16)10(11,12)13/h2-5H,1H3,(H2,14,15,17). The number of halogens is 3. The molecule has 1 rings (SSSR count). The molecule has 8 heteroatoms.